The Bertz CT molecular complexity index is 214. The van der Waals surface area contributed by atoms with Crippen molar-refractivity contribution in [3.63, 3.8) is 0 Å². The predicted octanol–water partition coefficient (Wildman–Crippen LogP) is 1.48. The molecule has 0 aromatic heterocycles. The fourth-order valence-corrected chi connectivity index (χ4v) is 1.92. The average molecular weight is 165 g/mol. The normalized spacial score (nSPS) is 24.7. The first-order valence-corrected chi connectivity index (χ1v) is 4.67. The molecule has 0 aliphatic heterocycles. The third-order valence-electron chi connectivity index (χ3n) is 3.14. The summed E-state index contributed by atoms with van der Waals surface area (Å²) in [5, 5.41) is 2.90. The molecule has 0 saturated heterocycles. The molecule has 0 heterocycles. The van der Waals surface area contributed by atoms with Crippen molar-refractivity contribution in [3.05, 3.63) is 12.7 Å². The van der Waals surface area contributed by atoms with Gasteiger partial charge in [0.25, 0.3) is 0 Å². The molecule has 1 amide bonds. The molecule has 2 rings (SSSR count). The second-order valence-corrected chi connectivity index (χ2v) is 4.06. The third-order valence-corrected chi connectivity index (χ3v) is 3.14. The van der Waals surface area contributed by atoms with Gasteiger partial charge in [0.15, 0.2) is 0 Å². The highest BCUT2D eigenvalue weighted by atomic mass is 16.1. The summed E-state index contributed by atoms with van der Waals surface area (Å²) in [5.74, 6) is 0.893. The van der Waals surface area contributed by atoms with E-state index >= 15 is 0 Å². The third kappa shape index (κ3) is 1.38. The number of carbonyl (C=O) groups is 1. The van der Waals surface area contributed by atoms with Gasteiger partial charge in [-0.3, -0.25) is 4.79 Å². The molecule has 2 aliphatic carbocycles. The van der Waals surface area contributed by atoms with E-state index in [4.69, 9.17) is 0 Å². The molecule has 66 valence electrons. The predicted molar refractivity (Wildman–Crippen MR) is 47.6 cm³/mol. The molecule has 0 aromatic carbocycles. The summed E-state index contributed by atoms with van der Waals surface area (Å²) in [4.78, 5) is 10.9. The minimum atomic E-state index is -0.0260. The molecule has 0 unspecified atom stereocenters. The summed E-state index contributed by atoms with van der Waals surface area (Å²) in [6.45, 7) is 4.31. The molecule has 2 fully saturated rings. The fourth-order valence-electron chi connectivity index (χ4n) is 1.92. The lowest BCUT2D eigenvalue weighted by Gasteiger charge is -2.13. The Kier molecular flexibility index (Phi) is 1.71. The summed E-state index contributed by atoms with van der Waals surface area (Å²) in [6, 6.07) is 0. The van der Waals surface area contributed by atoms with Crippen LogP contribution in [0, 0.1) is 11.3 Å². The molecule has 0 aromatic rings. The highest BCUT2D eigenvalue weighted by molar-refractivity contribution is 5.86. The minimum Gasteiger partial charge on any atom is -0.352 e. The molecule has 0 spiro atoms. The van der Waals surface area contributed by atoms with Crippen LogP contribution in [0.5, 0.6) is 0 Å². The van der Waals surface area contributed by atoms with Crippen molar-refractivity contribution in [1.82, 2.24) is 5.32 Å². The maximum absolute atomic E-state index is 10.9. The van der Waals surface area contributed by atoms with E-state index in [2.05, 4.69) is 11.9 Å². The van der Waals surface area contributed by atoms with E-state index in [1.807, 2.05) is 0 Å². The Morgan fingerprint density at radius 3 is 2.67 bits per heavy atom. The summed E-state index contributed by atoms with van der Waals surface area (Å²) in [6.07, 6.45) is 6.74. The second kappa shape index (κ2) is 2.61. The minimum absolute atomic E-state index is 0.0260. The van der Waals surface area contributed by atoms with E-state index in [0.717, 1.165) is 12.5 Å². The Labute approximate surface area is 73.0 Å². The number of carbonyl (C=O) groups excluding carboxylic acids is 1. The number of hydrogen-bond acceptors (Lipinski definition) is 1. The summed E-state index contributed by atoms with van der Waals surface area (Å²) < 4.78 is 0. The van der Waals surface area contributed by atoms with Gasteiger partial charge in [-0.25, -0.2) is 0 Å². The largest absolute Gasteiger partial charge is 0.352 e. The van der Waals surface area contributed by atoms with Gasteiger partial charge in [0.2, 0.25) is 5.91 Å². The van der Waals surface area contributed by atoms with Gasteiger partial charge in [0.1, 0.15) is 0 Å². The number of nitrogens with one attached hydrogen (secondary N) is 1. The second-order valence-electron chi connectivity index (χ2n) is 4.06. The molecule has 0 radical (unpaired) electrons. The van der Waals surface area contributed by atoms with Gasteiger partial charge in [-0.2, -0.15) is 0 Å². The topological polar surface area (TPSA) is 29.1 Å². The van der Waals surface area contributed by atoms with Gasteiger partial charge in [0.05, 0.1) is 0 Å². The Morgan fingerprint density at radius 2 is 2.25 bits per heavy atom. The van der Waals surface area contributed by atoms with Crippen LogP contribution in [0.1, 0.15) is 25.7 Å². The van der Waals surface area contributed by atoms with Crippen molar-refractivity contribution in [2.75, 3.05) is 6.54 Å². The van der Waals surface area contributed by atoms with E-state index < -0.39 is 0 Å². The first-order valence-electron chi connectivity index (χ1n) is 4.67. The van der Waals surface area contributed by atoms with Gasteiger partial charge in [-0.1, -0.05) is 6.58 Å². The van der Waals surface area contributed by atoms with Crippen LogP contribution in [0.4, 0.5) is 0 Å². The van der Waals surface area contributed by atoms with Gasteiger partial charge in [0, 0.05) is 6.54 Å². The van der Waals surface area contributed by atoms with Crippen molar-refractivity contribution in [3.8, 4) is 0 Å². The molecular formula is C10H15NO. The maximum atomic E-state index is 10.9. The Morgan fingerprint density at radius 1 is 1.58 bits per heavy atom. The van der Waals surface area contributed by atoms with Crippen molar-refractivity contribution in [2.45, 2.75) is 25.7 Å². The summed E-state index contributed by atoms with van der Waals surface area (Å²) >= 11 is 0. The lowest BCUT2D eigenvalue weighted by Crippen LogP contribution is -2.29. The zero-order valence-corrected chi connectivity index (χ0v) is 7.31. The van der Waals surface area contributed by atoms with Crippen LogP contribution in [-0.4, -0.2) is 12.5 Å². The van der Waals surface area contributed by atoms with Crippen molar-refractivity contribution >= 4 is 5.91 Å². The van der Waals surface area contributed by atoms with Crippen LogP contribution in [0.15, 0.2) is 12.7 Å². The molecular weight excluding hydrogens is 150 g/mol. The Hall–Kier alpha value is -0.790. The number of amides is 1. The van der Waals surface area contributed by atoms with Crippen LogP contribution < -0.4 is 5.32 Å². The molecule has 2 heteroatoms. The first kappa shape index (κ1) is 7.84. The molecule has 0 atom stereocenters. The van der Waals surface area contributed by atoms with Crippen LogP contribution >= 0.6 is 0 Å². The van der Waals surface area contributed by atoms with Crippen molar-refractivity contribution in [2.24, 2.45) is 11.3 Å². The summed E-state index contributed by atoms with van der Waals surface area (Å²) in [7, 11) is 0. The highest BCUT2D eigenvalue weighted by Crippen LogP contribution is 2.60. The monoisotopic (exact) mass is 165 g/mol. The molecule has 2 saturated carbocycles. The first-order chi connectivity index (χ1) is 5.77. The van der Waals surface area contributed by atoms with E-state index in [-0.39, 0.29) is 5.91 Å². The maximum Gasteiger partial charge on any atom is 0.243 e. The van der Waals surface area contributed by atoms with Gasteiger partial charge in [-0.05, 0) is 43.1 Å². The Balaban J connectivity index is 1.78. The fraction of sp³-hybridized carbons (Fsp3) is 0.700. The van der Waals surface area contributed by atoms with Crippen molar-refractivity contribution < 1.29 is 4.79 Å². The molecule has 12 heavy (non-hydrogen) atoms. The quantitative estimate of drug-likeness (QED) is 0.628. The van der Waals surface area contributed by atoms with Crippen LogP contribution in [0.25, 0.3) is 0 Å². The van der Waals surface area contributed by atoms with Gasteiger partial charge < -0.3 is 5.32 Å². The van der Waals surface area contributed by atoms with Crippen LogP contribution in [0.2, 0.25) is 0 Å². The molecule has 1 N–H and O–H groups in total. The summed E-state index contributed by atoms with van der Waals surface area (Å²) in [5.41, 5.74) is 0.513. The standard InChI is InChI=1S/C10H15NO/c1-2-9(12)11-7-10(5-6-10)8-3-4-8/h2,8H,1,3-7H2,(H,11,12). The average Bonchev–Trinajstić information content (AvgIpc) is 2.88. The number of rotatable bonds is 4. The van der Waals surface area contributed by atoms with Gasteiger partial charge in [-0.15, -0.1) is 0 Å². The van der Waals surface area contributed by atoms with E-state index in [1.165, 1.54) is 31.8 Å². The zero-order chi connectivity index (χ0) is 8.60. The molecule has 2 nitrogen and oxygen atoms in total. The zero-order valence-electron chi connectivity index (χ0n) is 7.31. The van der Waals surface area contributed by atoms with E-state index in [1.54, 1.807) is 0 Å². The number of hydrogen-bond donors (Lipinski definition) is 1. The van der Waals surface area contributed by atoms with E-state index in [0.29, 0.717) is 5.41 Å². The van der Waals surface area contributed by atoms with E-state index in [9.17, 15) is 4.79 Å². The lowest BCUT2D eigenvalue weighted by molar-refractivity contribution is -0.116. The highest BCUT2D eigenvalue weighted by Gasteiger charge is 2.53. The van der Waals surface area contributed by atoms with Gasteiger partial charge >= 0.3 is 0 Å². The van der Waals surface area contributed by atoms with Crippen LogP contribution in [-0.2, 0) is 4.79 Å². The lowest BCUT2D eigenvalue weighted by atomic mass is 10.0. The van der Waals surface area contributed by atoms with Crippen LogP contribution in [0.3, 0.4) is 0 Å². The molecule has 0 bridgehead atoms. The van der Waals surface area contributed by atoms with Crippen molar-refractivity contribution in [1.29, 1.82) is 0 Å². The molecule has 2 aliphatic rings. The SMILES string of the molecule is C=CC(=O)NCC1(C2CC2)CC1. The smallest absolute Gasteiger partial charge is 0.243 e.